The van der Waals surface area contributed by atoms with Crippen LogP contribution in [0.4, 0.5) is 0 Å². The first-order chi connectivity index (χ1) is 23.2. The van der Waals surface area contributed by atoms with Crippen LogP contribution in [0.1, 0.15) is 36.2 Å². The highest BCUT2D eigenvalue weighted by Crippen LogP contribution is 2.21. The van der Waals surface area contributed by atoms with Gasteiger partial charge in [0, 0.05) is 58.4 Å². The van der Waals surface area contributed by atoms with Gasteiger partial charge in [-0.2, -0.15) is 0 Å². The molecule has 0 bridgehead atoms. The number of morpholine rings is 1. The SMILES string of the molecule is CNC(=O)[C@H](C(C)C)N1CCN(Cc2ccccc2)C[C@H](NC(=O)[C@H](CCNC(=O)c2ccccc2)SC(=O)CN2CCOCC2)C1=O. The van der Waals surface area contributed by atoms with Crippen molar-refractivity contribution in [3.8, 4) is 0 Å². The first kappa shape index (κ1) is 37.0. The number of amides is 4. The summed E-state index contributed by atoms with van der Waals surface area (Å²) < 4.78 is 5.40. The molecule has 4 rings (SSSR count). The van der Waals surface area contributed by atoms with Crippen LogP contribution < -0.4 is 16.0 Å². The average Bonchev–Trinajstić information content (AvgIpc) is 3.23. The molecule has 0 aliphatic carbocycles. The number of nitrogens with zero attached hydrogens (tertiary/aromatic N) is 3. The Morgan fingerprint density at radius 3 is 2.21 bits per heavy atom. The summed E-state index contributed by atoms with van der Waals surface area (Å²) in [5.41, 5.74) is 1.56. The van der Waals surface area contributed by atoms with E-state index in [1.54, 1.807) is 36.2 Å². The molecular formula is C35H48N6O6S. The molecule has 3 atom stereocenters. The minimum Gasteiger partial charge on any atom is -0.379 e. The Balaban J connectivity index is 1.53. The van der Waals surface area contributed by atoms with Gasteiger partial charge in [0.05, 0.1) is 25.0 Å². The molecule has 12 nitrogen and oxygen atoms in total. The molecule has 260 valence electrons. The summed E-state index contributed by atoms with van der Waals surface area (Å²) in [6.45, 7) is 8.06. The maximum atomic E-state index is 14.2. The summed E-state index contributed by atoms with van der Waals surface area (Å²) in [7, 11) is 1.55. The fourth-order valence-electron chi connectivity index (χ4n) is 5.96. The van der Waals surface area contributed by atoms with E-state index < -0.39 is 23.2 Å². The van der Waals surface area contributed by atoms with E-state index >= 15 is 0 Å². The Morgan fingerprint density at radius 2 is 1.56 bits per heavy atom. The molecular weight excluding hydrogens is 632 g/mol. The number of rotatable bonds is 14. The minimum absolute atomic E-state index is 0.153. The molecule has 2 aliphatic heterocycles. The van der Waals surface area contributed by atoms with Crippen molar-refractivity contribution in [3.05, 3.63) is 71.8 Å². The van der Waals surface area contributed by atoms with Crippen molar-refractivity contribution in [2.75, 3.05) is 66.1 Å². The van der Waals surface area contributed by atoms with Crippen LogP contribution in [-0.4, -0.2) is 127 Å². The summed E-state index contributed by atoms with van der Waals surface area (Å²) in [6.07, 6.45) is 0.176. The van der Waals surface area contributed by atoms with Crippen LogP contribution in [0, 0.1) is 5.92 Å². The maximum Gasteiger partial charge on any atom is 0.251 e. The number of ether oxygens (including phenoxy) is 1. The Labute approximate surface area is 287 Å². The molecule has 2 fully saturated rings. The molecule has 2 aliphatic rings. The zero-order valence-corrected chi connectivity index (χ0v) is 28.9. The van der Waals surface area contributed by atoms with Crippen LogP contribution in [0.15, 0.2) is 60.7 Å². The van der Waals surface area contributed by atoms with E-state index in [1.807, 2.05) is 55.1 Å². The number of carbonyl (C=O) groups is 5. The van der Waals surface area contributed by atoms with E-state index in [4.69, 9.17) is 4.74 Å². The first-order valence-electron chi connectivity index (χ1n) is 16.6. The number of likely N-dealkylation sites (N-methyl/N-ethyl adjacent to an activating group) is 1. The largest absolute Gasteiger partial charge is 0.379 e. The smallest absolute Gasteiger partial charge is 0.251 e. The van der Waals surface area contributed by atoms with Crippen molar-refractivity contribution < 1.29 is 28.7 Å². The number of carbonyl (C=O) groups excluding carboxylic acids is 5. The van der Waals surface area contributed by atoms with E-state index in [-0.39, 0.29) is 54.8 Å². The van der Waals surface area contributed by atoms with E-state index in [1.165, 1.54) is 0 Å². The molecule has 2 saturated heterocycles. The lowest BCUT2D eigenvalue weighted by Gasteiger charge is -2.34. The molecule has 0 spiro atoms. The molecule has 3 N–H and O–H groups in total. The van der Waals surface area contributed by atoms with Crippen LogP contribution in [0.2, 0.25) is 0 Å². The number of thioether (sulfide) groups is 1. The van der Waals surface area contributed by atoms with Crippen molar-refractivity contribution in [3.63, 3.8) is 0 Å². The summed E-state index contributed by atoms with van der Waals surface area (Å²) in [5.74, 6) is -1.52. The normalized spacial score (nSPS) is 18.9. The average molecular weight is 681 g/mol. The van der Waals surface area contributed by atoms with Gasteiger partial charge in [0.25, 0.3) is 5.91 Å². The fraction of sp³-hybridized carbons (Fsp3) is 0.514. The molecule has 0 unspecified atom stereocenters. The standard InChI is InChI=1S/C35H48N6O6S/c1-25(2)31(34(45)36-3)41-17-16-40(22-26-10-6-4-7-11-26)23-28(35(41)46)38-33(44)29(48-30(42)24-39-18-20-47-21-19-39)14-15-37-32(43)27-12-8-5-9-13-27/h4-13,25,28-29,31H,14-24H2,1-3H3,(H,36,45)(H,37,43)(H,38,44)/t28-,29-,31-/m0/s1. The number of hydrogen-bond donors (Lipinski definition) is 3. The summed E-state index contributed by atoms with van der Waals surface area (Å²) in [5, 5.41) is 7.46. The van der Waals surface area contributed by atoms with Crippen LogP contribution in [0.3, 0.4) is 0 Å². The van der Waals surface area contributed by atoms with Crippen molar-refractivity contribution in [2.45, 2.75) is 44.1 Å². The third-order valence-corrected chi connectivity index (χ3v) is 9.60. The van der Waals surface area contributed by atoms with Gasteiger partial charge in [-0.3, -0.25) is 33.8 Å². The second-order valence-electron chi connectivity index (χ2n) is 12.4. The maximum absolute atomic E-state index is 14.2. The van der Waals surface area contributed by atoms with Gasteiger partial charge in [0.2, 0.25) is 22.8 Å². The van der Waals surface area contributed by atoms with E-state index in [2.05, 4.69) is 20.9 Å². The number of nitrogens with one attached hydrogen (secondary N) is 3. The fourth-order valence-corrected chi connectivity index (χ4v) is 6.95. The van der Waals surface area contributed by atoms with Crippen molar-refractivity contribution >= 4 is 40.5 Å². The predicted molar refractivity (Wildman–Crippen MR) is 185 cm³/mol. The van der Waals surface area contributed by atoms with E-state index in [0.717, 1.165) is 17.3 Å². The van der Waals surface area contributed by atoms with Crippen LogP contribution >= 0.6 is 11.8 Å². The monoisotopic (exact) mass is 680 g/mol. The highest BCUT2D eigenvalue weighted by molar-refractivity contribution is 8.14. The molecule has 13 heteroatoms. The lowest BCUT2D eigenvalue weighted by Crippen LogP contribution is -2.58. The Kier molecular flexibility index (Phi) is 14.4. The molecule has 2 aromatic carbocycles. The zero-order valence-electron chi connectivity index (χ0n) is 28.1. The Bertz CT molecular complexity index is 1370. The third-order valence-electron chi connectivity index (χ3n) is 8.48. The van der Waals surface area contributed by atoms with Crippen LogP contribution in [-0.2, 0) is 30.5 Å². The van der Waals surface area contributed by atoms with Gasteiger partial charge in [0.1, 0.15) is 12.1 Å². The Hall–Kier alpha value is -3.78. The molecule has 2 aromatic rings. The molecule has 4 amide bonds. The van der Waals surface area contributed by atoms with E-state index in [9.17, 15) is 24.0 Å². The van der Waals surface area contributed by atoms with Gasteiger partial charge in [-0.1, -0.05) is 74.1 Å². The highest BCUT2D eigenvalue weighted by Gasteiger charge is 2.39. The van der Waals surface area contributed by atoms with E-state index in [0.29, 0.717) is 51.5 Å². The molecule has 0 radical (unpaired) electrons. The highest BCUT2D eigenvalue weighted by atomic mass is 32.2. The lowest BCUT2D eigenvalue weighted by molar-refractivity contribution is -0.143. The summed E-state index contributed by atoms with van der Waals surface area (Å²) in [4.78, 5) is 72.8. The van der Waals surface area contributed by atoms with Crippen molar-refractivity contribution in [1.82, 2.24) is 30.7 Å². The minimum atomic E-state index is -0.953. The molecule has 0 aromatic heterocycles. The molecule has 2 heterocycles. The summed E-state index contributed by atoms with van der Waals surface area (Å²) in [6, 6.07) is 17.0. The van der Waals surface area contributed by atoms with Gasteiger partial charge in [-0.05, 0) is 30.0 Å². The Morgan fingerprint density at radius 1 is 0.896 bits per heavy atom. The lowest BCUT2D eigenvalue weighted by atomic mass is 10.0. The number of hydrogen-bond acceptors (Lipinski definition) is 9. The summed E-state index contributed by atoms with van der Waals surface area (Å²) >= 11 is 0.926. The van der Waals surface area contributed by atoms with Gasteiger partial charge in [0.15, 0.2) is 0 Å². The first-order valence-corrected chi connectivity index (χ1v) is 17.5. The quantitative estimate of drug-likeness (QED) is 0.270. The zero-order chi connectivity index (χ0) is 34.5. The topological polar surface area (TPSA) is 140 Å². The van der Waals surface area contributed by atoms with Crippen molar-refractivity contribution in [1.29, 1.82) is 0 Å². The predicted octanol–water partition coefficient (Wildman–Crippen LogP) is 1.37. The van der Waals surface area contributed by atoms with Gasteiger partial charge < -0.3 is 25.6 Å². The second-order valence-corrected chi connectivity index (χ2v) is 13.7. The molecule has 0 saturated carbocycles. The second kappa shape index (κ2) is 18.7. The van der Waals surface area contributed by atoms with Crippen LogP contribution in [0.25, 0.3) is 0 Å². The third kappa shape index (κ3) is 10.9. The number of benzene rings is 2. The van der Waals surface area contributed by atoms with Crippen LogP contribution in [0.5, 0.6) is 0 Å². The van der Waals surface area contributed by atoms with Gasteiger partial charge in [-0.15, -0.1) is 0 Å². The van der Waals surface area contributed by atoms with Crippen molar-refractivity contribution in [2.24, 2.45) is 5.92 Å². The van der Waals surface area contributed by atoms with Gasteiger partial charge >= 0.3 is 0 Å². The van der Waals surface area contributed by atoms with Gasteiger partial charge in [-0.25, -0.2) is 0 Å². The molecule has 48 heavy (non-hydrogen) atoms.